The first-order valence-corrected chi connectivity index (χ1v) is 5.34. The van der Waals surface area contributed by atoms with E-state index in [1.165, 1.54) is 10.8 Å². The second kappa shape index (κ2) is 4.48. The Morgan fingerprint density at radius 1 is 1.50 bits per heavy atom. The third-order valence-corrected chi connectivity index (χ3v) is 2.72. The number of aryl methyl sites for hydroxylation is 2. The van der Waals surface area contributed by atoms with Gasteiger partial charge in [0, 0.05) is 11.8 Å². The second-order valence-electron chi connectivity index (χ2n) is 4.02. The lowest BCUT2D eigenvalue weighted by Crippen LogP contribution is -2.29. The summed E-state index contributed by atoms with van der Waals surface area (Å²) in [7, 11) is 0. The lowest BCUT2D eigenvalue weighted by Gasteiger charge is -2.11. The Kier molecular flexibility index (Phi) is 3.01. The van der Waals surface area contributed by atoms with Crippen LogP contribution in [0.2, 0.25) is 0 Å². The Labute approximate surface area is 102 Å². The minimum absolute atomic E-state index is 0.172. The number of hydrogen-bond acceptors (Lipinski definition) is 4. The van der Waals surface area contributed by atoms with E-state index in [9.17, 15) is 9.59 Å². The molecular weight excluding hydrogens is 236 g/mol. The molecule has 94 valence electrons. The molecule has 0 bridgehead atoms. The number of pyridine rings is 1. The Balaban J connectivity index is 2.57. The van der Waals surface area contributed by atoms with Crippen LogP contribution in [0.5, 0.6) is 0 Å². The van der Waals surface area contributed by atoms with Gasteiger partial charge in [-0.2, -0.15) is 0 Å². The van der Waals surface area contributed by atoms with Crippen LogP contribution in [0.4, 0.5) is 0 Å². The third kappa shape index (κ3) is 2.04. The van der Waals surface area contributed by atoms with E-state index in [2.05, 4.69) is 5.16 Å². The Hall–Kier alpha value is -2.37. The summed E-state index contributed by atoms with van der Waals surface area (Å²) >= 11 is 0. The van der Waals surface area contributed by atoms with Crippen molar-refractivity contribution in [2.45, 2.75) is 20.4 Å². The Morgan fingerprint density at radius 3 is 2.78 bits per heavy atom. The summed E-state index contributed by atoms with van der Waals surface area (Å²) in [5.74, 6) is -0.718. The molecule has 0 atom stereocenters. The van der Waals surface area contributed by atoms with Crippen molar-refractivity contribution in [3.63, 3.8) is 0 Å². The molecule has 2 aromatic heterocycles. The Morgan fingerprint density at radius 2 is 2.22 bits per heavy atom. The molecule has 0 saturated carbocycles. The molecule has 0 aliphatic carbocycles. The van der Waals surface area contributed by atoms with Crippen LogP contribution in [0.25, 0.3) is 0 Å². The number of nitrogens with zero attached hydrogens (tertiary/aromatic N) is 2. The van der Waals surface area contributed by atoms with Gasteiger partial charge in [0.05, 0.1) is 12.7 Å². The molecular formula is C12H12N2O4. The first-order chi connectivity index (χ1) is 8.50. The molecule has 0 aliphatic heterocycles. The first-order valence-electron chi connectivity index (χ1n) is 5.34. The lowest BCUT2D eigenvalue weighted by atomic mass is 10.1. The van der Waals surface area contributed by atoms with Crippen molar-refractivity contribution >= 4 is 5.97 Å². The van der Waals surface area contributed by atoms with E-state index in [0.717, 1.165) is 0 Å². The summed E-state index contributed by atoms with van der Waals surface area (Å²) < 4.78 is 6.28. The predicted octanol–water partition coefficient (Wildman–Crippen LogP) is 1.20. The van der Waals surface area contributed by atoms with Gasteiger partial charge in [-0.25, -0.2) is 4.79 Å². The highest BCUT2D eigenvalue weighted by atomic mass is 16.5. The van der Waals surface area contributed by atoms with Gasteiger partial charge in [0.25, 0.3) is 5.56 Å². The maximum atomic E-state index is 12.1. The fraction of sp³-hybridized carbons (Fsp3) is 0.250. The van der Waals surface area contributed by atoms with Crippen molar-refractivity contribution in [1.82, 2.24) is 9.72 Å². The molecule has 1 N–H and O–H groups in total. The molecule has 0 amide bonds. The van der Waals surface area contributed by atoms with Crippen LogP contribution in [0.3, 0.4) is 0 Å². The average Bonchev–Trinajstić information content (AvgIpc) is 2.75. The van der Waals surface area contributed by atoms with Gasteiger partial charge >= 0.3 is 5.97 Å². The molecule has 0 radical (unpaired) electrons. The maximum absolute atomic E-state index is 12.1. The van der Waals surface area contributed by atoms with Crippen LogP contribution in [-0.4, -0.2) is 20.8 Å². The highest BCUT2D eigenvalue weighted by molar-refractivity contribution is 5.88. The molecule has 2 aromatic rings. The fourth-order valence-electron chi connectivity index (χ4n) is 1.86. The third-order valence-electron chi connectivity index (χ3n) is 2.72. The molecule has 0 aromatic carbocycles. The van der Waals surface area contributed by atoms with Gasteiger partial charge in [0.2, 0.25) is 0 Å². The van der Waals surface area contributed by atoms with Crippen molar-refractivity contribution in [3.05, 3.63) is 51.3 Å². The first kappa shape index (κ1) is 12.1. The zero-order valence-corrected chi connectivity index (χ0v) is 10.0. The van der Waals surface area contributed by atoms with Gasteiger partial charge in [0.1, 0.15) is 5.56 Å². The molecule has 0 spiro atoms. The minimum Gasteiger partial charge on any atom is -0.477 e. The van der Waals surface area contributed by atoms with E-state index >= 15 is 0 Å². The number of rotatable bonds is 3. The highest BCUT2D eigenvalue weighted by Crippen LogP contribution is 2.08. The fourth-order valence-corrected chi connectivity index (χ4v) is 1.86. The number of carbonyl (C=O) groups is 1. The van der Waals surface area contributed by atoms with E-state index in [1.807, 2.05) is 0 Å². The summed E-state index contributed by atoms with van der Waals surface area (Å²) in [5.41, 5.74) is 0.397. The number of aromatic carboxylic acids is 1. The summed E-state index contributed by atoms with van der Waals surface area (Å²) in [6.45, 7) is 3.53. The molecule has 0 fully saturated rings. The molecule has 6 heteroatoms. The van der Waals surface area contributed by atoms with Gasteiger partial charge in [-0.05, 0) is 25.5 Å². The summed E-state index contributed by atoms with van der Waals surface area (Å²) in [6.07, 6.45) is 1.47. The standard InChI is InChI=1S/C12H12N2O4/c1-7-5-8(2)14(6-9-3-4-13-18-9)11(15)10(7)12(16)17/h3-5H,6H2,1-2H3,(H,16,17). The van der Waals surface area contributed by atoms with Gasteiger partial charge in [0.15, 0.2) is 5.76 Å². The van der Waals surface area contributed by atoms with Crippen molar-refractivity contribution in [3.8, 4) is 0 Å². The number of hydrogen-bond donors (Lipinski definition) is 1. The molecule has 0 unspecified atom stereocenters. The van der Waals surface area contributed by atoms with Gasteiger partial charge in [-0.3, -0.25) is 4.79 Å². The SMILES string of the molecule is Cc1cc(C)n(Cc2ccno2)c(=O)c1C(=O)O. The van der Waals surface area contributed by atoms with Gasteiger partial charge < -0.3 is 14.2 Å². The maximum Gasteiger partial charge on any atom is 0.341 e. The highest BCUT2D eigenvalue weighted by Gasteiger charge is 2.17. The monoisotopic (exact) mass is 248 g/mol. The number of carboxylic acids is 1. The largest absolute Gasteiger partial charge is 0.477 e. The Bertz CT molecular complexity index is 641. The molecule has 0 saturated heterocycles. The normalized spacial score (nSPS) is 10.6. The summed E-state index contributed by atoms with van der Waals surface area (Å²) in [6, 6.07) is 3.30. The van der Waals surface area contributed by atoms with Crippen molar-refractivity contribution < 1.29 is 14.4 Å². The van der Waals surface area contributed by atoms with E-state index in [-0.39, 0.29) is 12.1 Å². The van der Waals surface area contributed by atoms with E-state index in [0.29, 0.717) is 17.0 Å². The van der Waals surface area contributed by atoms with E-state index in [1.54, 1.807) is 26.0 Å². The van der Waals surface area contributed by atoms with Crippen molar-refractivity contribution in [1.29, 1.82) is 0 Å². The van der Waals surface area contributed by atoms with Crippen molar-refractivity contribution in [2.24, 2.45) is 0 Å². The van der Waals surface area contributed by atoms with Crippen LogP contribution < -0.4 is 5.56 Å². The number of carboxylic acid groups (broad SMARTS) is 1. The van der Waals surface area contributed by atoms with Crippen LogP contribution in [0, 0.1) is 13.8 Å². The number of aromatic nitrogens is 2. The quantitative estimate of drug-likeness (QED) is 0.882. The zero-order chi connectivity index (χ0) is 13.3. The van der Waals surface area contributed by atoms with Crippen molar-refractivity contribution in [2.75, 3.05) is 0 Å². The lowest BCUT2D eigenvalue weighted by molar-refractivity contribution is 0.0693. The van der Waals surface area contributed by atoms with Gasteiger partial charge in [-0.15, -0.1) is 0 Å². The molecule has 18 heavy (non-hydrogen) atoms. The molecule has 6 nitrogen and oxygen atoms in total. The molecule has 2 rings (SSSR count). The summed E-state index contributed by atoms with van der Waals surface area (Å²) in [4.78, 5) is 23.2. The van der Waals surface area contributed by atoms with Crippen LogP contribution >= 0.6 is 0 Å². The topological polar surface area (TPSA) is 85.3 Å². The summed E-state index contributed by atoms with van der Waals surface area (Å²) in [5, 5.41) is 12.6. The van der Waals surface area contributed by atoms with E-state index < -0.39 is 11.5 Å². The van der Waals surface area contributed by atoms with Crippen LogP contribution in [0.1, 0.15) is 27.4 Å². The zero-order valence-electron chi connectivity index (χ0n) is 10.0. The average molecular weight is 248 g/mol. The predicted molar refractivity (Wildman–Crippen MR) is 62.7 cm³/mol. The molecule has 0 aliphatic rings. The minimum atomic E-state index is -1.22. The smallest absolute Gasteiger partial charge is 0.341 e. The molecule has 2 heterocycles. The second-order valence-corrected chi connectivity index (χ2v) is 4.02. The van der Waals surface area contributed by atoms with Crippen LogP contribution in [-0.2, 0) is 6.54 Å². The van der Waals surface area contributed by atoms with Crippen LogP contribution in [0.15, 0.2) is 27.6 Å². The van der Waals surface area contributed by atoms with E-state index in [4.69, 9.17) is 9.63 Å². The van der Waals surface area contributed by atoms with Gasteiger partial charge in [-0.1, -0.05) is 5.16 Å².